The molecule has 1 fully saturated rings. The van der Waals surface area contributed by atoms with Crippen LogP contribution in [0.5, 0.6) is 0 Å². The fraction of sp³-hybridized carbons (Fsp3) is 0.267. The third kappa shape index (κ3) is 3.65. The van der Waals surface area contributed by atoms with E-state index in [1.807, 2.05) is 0 Å². The number of benzene rings is 1. The van der Waals surface area contributed by atoms with Gasteiger partial charge in [0.2, 0.25) is 5.91 Å². The van der Waals surface area contributed by atoms with E-state index in [-0.39, 0.29) is 17.9 Å². The van der Waals surface area contributed by atoms with Crippen LogP contribution in [0.25, 0.3) is 0 Å². The second-order valence-electron chi connectivity index (χ2n) is 5.35. The monoisotopic (exact) mass is 317 g/mol. The molecule has 1 aliphatic heterocycles. The van der Waals surface area contributed by atoms with E-state index >= 15 is 0 Å². The second-order valence-corrected chi connectivity index (χ2v) is 5.35. The summed E-state index contributed by atoms with van der Waals surface area (Å²) in [6, 6.07) is 5.35. The van der Waals surface area contributed by atoms with Gasteiger partial charge in [-0.3, -0.25) is 9.89 Å². The average Bonchev–Trinajstić information content (AvgIpc) is 3.18. The van der Waals surface area contributed by atoms with Crippen LogP contribution in [0.2, 0.25) is 0 Å². The Hall–Kier alpha value is -2.90. The molecule has 7 nitrogen and oxygen atoms in total. The number of likely N-dealkylation sites (tertiary alicyclic amines) is 1. The molecule has 3 N–H and O–H groups in total. The molecule has 1 atom stereocenters. The minimum atomic E-state index is -0.415. The number of aromatic amines is 1. The molecule has 1 unspecified atom stereocenters. The SMILES string of the molecule is O=C(Nc1cn[nH]c1)C1CCN(C(=O)Nc2cccc(F)c2)C1. The summed E-state index contributed by atoms with van der Waals surface area (Å²) in [4.78, 5) is 25.8. The van der Waals surface area contributed by atoms with E-state index in [0.717, 1.165) is 0 Å². The second kappa shape index (κ2) is 6.47. The molecule has 23 heavy (non-hydrogen) atoms. The molecule has 0 radical (unpaired) electrons. The quantitative estimate of drug-likeness (QED) is 0.809. The number of rotatable bonds is 3. The fourth-order valence-corrected chi connectivity index (χ4v) is 2.49. The number of anilines is 2. The zero-order valence-corrected chi connectivity index (χ0v) is 12.3. The van der Waals surface area contributed by atoms with E-state index in [0.29, 0.717) is 30.9 Å². The molecule has 1 aliphatic rings. The van der Waals surface area contributed by atoms with Crippen LogP contribution in [-0.2, 0) is 4.79 Å². The summed E-state index contributed by atoms with van der Waals surface area (Å²) >= 11 is 0. The van der Waals surface area contributed by atoms with Gasteiger partial charge in [-0.2, -0.15) is 5.10 Å². The van der Waals surface area contributed by atoms with Gasteiger partial charge in [0.1, 0.15) is 5.82 Å². The number of hydrogen-bond acceptors (Lipinski definition) is 3. The van der Waals surface area contributed by atoms with E-state index in [2.05, 4.69) is 20.8 Å². The molecule has 2 heterocycles. The zero-order chi connectivity index (χ0) is 16.2. The predicted octanol–water partition coefficient (Wildman–Crippen LogP) is 2.04. The molecule has 0 aliphatic carbocycles. The molecule has 0 bridgehead atoms. The van der Waals surface area contributed by atoms with E-state index < -0.39 is 5.82 Å². The number of halogens is 1. The van der Waals surface area contributed by atoms with Crippen molar-refractivity contribution in [1.82, 2.24) is 15.1 Å². The van der Waals surface area contributed by atoms with Gasteiger partial charge in [-0.05, 0) is 24.6 Å². The number of hydrogen-bond donors (Lipinski definition) is 3. The minimum absolute atomic E-state index is 0.146. The summed E-state index contributed by atoms with van der Waals surface area (Å²) in [7, 11) is 0. The van der Waals surface area contributed by atoms with Crippen molar-refractivity contribution in [3.63, 3.8) is 0 Å². The Balaban J connectivity index is 1.54. The Morgan fingerprint density at radius 1 is 1.30 bits per heavy atom. The normalized spacial score (nSPS) is 17.1. The van der Waals surface area contributed by atoms with E-state index in [4.69, 9.17) is 0 Å². The number of nitrogens with zero attached hydrogens (tertiary/aromatic N) is 2. The first-order valence-electron chi connectivity index (χ1n) is 7.23. The van der Waals surface area contributed by atoms with Crippen LogP contribution < -0.4 is 10.6 Å². The first kappa shape index (κ1) is 15.0. The molecule has 3 rings (SSSR count). The average molecular weight is 317 g/mol. The van der Waals surface area contributed by atoms with E-state index in [1.165, 1.54) is 24.4 Å². The number of H-pyrrole nitrogens is 1. The minimum Gasteiger partial charge on any atom is -0.324 e. The lowest BCUT2D eigenvalue weighted by molar-refractivity contribution is -0.119. The summed E-state index contributed by atoms with van der Waals surface area (Å²) in [5, 5.41) is 11.7. The van der Waals surface area contributed by atoms with Crippen molar-refractivity contribution in [3.05, 3.63) is 42.5 Å². The maximum atomic E-state index is 13.1. The standard InChI is InChI=1S/C15H16FN5O2/c16-11-2-1-3-12(6-11)20-15(23)21-5-4-10(9-21)14(22)19-13-7-17-18-8-13/h1-3,6-8,10H,4-5,9H2,(H,17,18)(H,19,22)(H,20,23). The van der Waals surface area contributed by atoms with Crippen molar-refractivity contribution in [2.24, 2.45) is 5.92 Å². The van der Waals surface area contributed by atoms with Crippen LogP contribution in [0.15, 0.2) is 36.7 Å². The van der Waals surface area contributed by atoms with Crippen LogP contribution in [0.1, 0.15) is 6.42 Å². The van der Waals surface area contributed by atoms with Crippen molar-refractivity contribution >= 4 is 23.3 Å². The smallest absolute Gasteiger partial charge is 0.321 e. The van der Waals surface area contributed by atoms with Crippen molar-refractivity contribution in [2.75, 3.05) is 23.7 Å². The van der Waals surface area contributed by atoms with Crippen molar-refractivity contribution in [1.29, 1.82) is 0 Å². The van der Waals surface area contributed by atoms with Gasteiger partial charge < -0.3 is 15.5 Å². The molecule has 1 saturated heterocycles. The molecule has 0 spiro atoms. The number of carbonyl (C=O) groups is 2. The zero-order valence-electron chi connectivity index (χ0n) is 12.3. The molecule has 0 saturated carbocycles. The van der Waals surface area contributed by atoms with Crippen LogP contribution in [-0.4, -0.2) is 40.1 Å². The molecular weight excluding hydrogens is 301 g/mol. The van der Waals surface area contributed by atoms with Gasteiger partial charge in [-0.15, -0.1) is 0 Å². The van der Waals surface area contributed by atoms with Crippen LogP contribution >= 0.6 is 0 Å². The van der Waals surface area contributed by atoms with Crippen LogP contribution in [0, 0.1) is 11.7 Å². The summed E-state index contributed by atoms with van der Waals surface area (Å²) in [5.74, 6) is -0.836. The lowest BCUT2D eigenvalue weighted by Crippen LogP contribution is -2.34. The molecule has 8 heteroatoms. The number of carbonyl (C=O) groups excluding carboxylic acids is 2. The van der Waals surface area contributed by atoms with Gasteiger partial charge in [0, 0.05) is 25.0 Å². The van der Waals surface area contributed by atoms with Gasteiger partial charge in [0.05, 0.1) is 17.8 Å². The number of nitrogens with one attached hydrogen (secondary N) is 3. The highest BCUT2D eigenvalue weighted by Crippen LogP contribution is 2.20. The Morgan fingerprint density at radius 3 is 2.91 bits per heavy atom. The van der Waals surface area contributed by atoms with Crippen LogP contribution in [0.4, 0.5) is 20.6 Å². The summed E-state index contributed by atoms with van der Waals surface area (Å²) in [6.07, 6.45) is 3.68. The third-order valence-corrected chi connectivity index (χ3v) is 3.69. The predicted molar refractivity (Wildman–Crippen MR) is 82.3 cm³/mol. The first-order chi connectivity index (χ1) is 11.1. The summed E-state index contributed by atoms with van der Waals surface area (Å²) in [6.45, 7) is 0.801. The molecular formula is C15H16FN5O2. The van der Waals surface area contributed by atoms with Crippen molar-refractivity contribution in [2.45, 2.75) is 6.42 Å². The number of urea groups is 1. The van der Waals surface area contributed by atoms with Crippen LogP contribution in [0.3, 0.4) is 0 Å². The van der Waals surface area contributed by atoms with Gasteiger partial charge in [0.25, 0.3) is 0 Å². The maximum Gasteiger partial charge on any atom is 0.321 e. The first-order valence-corrected chi connectivity index (χ1v) is 7.23. The highest BCUT2D eigenvalue weighted by molar-refractivity contribution is 5.94. The Kier molecular flexibility index (Phi) is 4.22. The fourth-order valence-electron chi connectivity index (χ4n) is 2.49. The largest absolute Gasteiger partial charge is 0.324 e. The molecule has 3 amide bonds. The Bertz CT molecular complexity index is 704. The van der Waals surface area contributed by atoms with Gasteiger partial charge in [-0.25, -0.2) is 9.18 Å². The molecule has 1 aromatic heterocycles. The lowest BCUT2D eigenvalue weighted by atomic mass is 10.1. The molecule has 120 valence electrons. The Morgan fingerprint density at radius 2 is 2.17 bits per heavy atom. The summed E-state index contributed by atoms with van der Waals surface area (Å²) < 4.78 is 13.1. The van der Waals surface area contributed by atoms with Crippen molar-refractivity contribution in [3.8, 4) is 0 Å². The lowest BCUT2D eigenvalue weighted by Gasteiger charge is -2.17. The van der Waals surface area contributed by atoms with Gasteiger partial charge >= 0.3 is 6.03 Å². The maximum absolute atomic E-state index is 13.1. The highest BCUT2D eigenvalue weighted by Gasteiger charge is 2.31. The number of aromatic nitrogens is 2. The topological polar surface area (TPSA) is 90.1 Å². The molecule has 2 aromatic rings. The number of amides is 3. The molecule has 1 aromatic carbocycles. The third-order valence-electron chi connectivity index (χ3n) is 3.69. The summed E-state index contributed by atoms with van der Waals surface area (Å²) in [5.41, 5.74) is 0.985. The highest BCUT2D eigenvalue weighted by atomic mass is 19.1. The Labute approximate surface area is 131 Å². The van der Waals surface area contributed by atoms with Crippen molar-refractivity contribution < 1.29 is 14.0 Å². The van der Waals surface area contributed by atoms with E-state index in [1.54, 1.807) is 17.2 Å². The van der Waals surface area contributed by atoms with Gasteiger partial charge in [-0.1, -0.05) is 6.07 Å². The van der Waals surface area contributed by atoms with Gasteiger partial charge in [0.15, 0.2) is 0 Å². The van der Waals surface area contributed by atoms with E-state index in [9.17, 15) is 14.0 Å².